The number of rotatable bonds is 3. The van der Waals surface area contributed by atoms with Gasteiger partial charge >= 0.3 is 6.03 Å². The SMILES string of the molecule is COc1cc(OC)c(F)c(N(Cl)C(N)=O)c1F. The molecule has 0 aliphatic carbocycles. The molecule has 0 bridgehead atoms. The molecular formula is C9H9ClF2N2O3. The number of halogens is 3. The average molecular weight is 267 g/mol. The highest BCUT2D eigenvalue weighted by atomic mass is 35.5. The van der Waals surface area contributed by atoms with Crippen molar-refractivity contribution in [3.63, 3.8) is 0 Å². The van der Waals surface area contributed by atoms with Crippen LogP contribution in [0.15, 0.2) is 6.07 Å². The summed E-state index contributed by atoms with van der Waals surface area (Å²) in [6.07, 6.45) is 0. The first kappa shape index (κ1) is 13.3. The Bertz CT molecular complexity index is 428. The average Bonchev–Trinajstić information content (AvgIpc) is 2.29. The lowest BCUT2D eigenvalue weighted by Crippen LogP contribution is -2.28. The van der Waals surface area contributed by atoms with Crippen LogP contribution in [-0.4, -0.2) is 20.3 Å². The minimum Gasteiger partial charge on any atom is -0.493 e. The molecule has 0 heterocycles. The second kappa shape index (κ2) is 5.05. The molecule has 2 N–H and O–H groups in total. The smallest absolute Gasteiger partial charge is 0.334 e. The van der Waals surface area contributed by atoms with Crippen molar-refractivity contribution in [2.75, 3.05) is 18.6 Å². The van der Waals surface area contributed by atoms with E-state index < -0.39 is 23.4 Å². The molecule has 0 aromatic heterocycles. The Morgan fingerprint density at radius 2 is 1.71 bits per heavy atom. The Balaban J connectivity index is 3.50. The number of nitrogens with zero attached hydrogens (tertiary/aromatic N) is 1. The largest absolute Gasteiger partial charge is 0.493 e. The maximum atomic E-state index is 13.7. The van der Waals surface area contributed by atoms with E-state index in [1.54, 1.807) is 0 Å². The number of hydrogen-bond donors (Lipinski definition) is 1. The lowest BCUT2D eigenvalue weighted by molar-refractivity contribution is 0.256. The monoisotopic (exact) mass is 266 g/mol. The fourth-order valence-corrected chi connectivity index (χ4v) is 1.30. The highest BCUT2D eigenvalue weighted by molar-refractivity contribution is 6.36. The second-order valence-corrected chi connectivity index (χ2v) is 3.21. The molecule has 0 aliphatic heterocycles. The minimum atomic E-state index is -1.24. The van der Waals surface area contributed by atoms with Crippen molar-refractivity contribution in [2.24, 2.45) is 5.73 Å². The third-order valence-corrected chi connectivity index (χ3v) is 2.28. The number of urea groups is 1. The number of amides is 2. The van der Waals surface area contributed by atoms with E-state index in [9.17, 15) is 13.6 Å². The van der Waals surface area contributed by atoms with Crippen LogP contribution in [0.25, 0.3) is 0 Å². The van der Waals surface area contributed by atoms with Gasteiger partial charge in [-0.2, -0.15) is 4.42 Å². The molecule has 0 radical (unpaired) electrons. The van der Waals surface area contributed by atoms with Gasteiger partial charge in [-0.1, -0.05) is 0 Å². The Morgan fingerprint density at radius 3 is 2.00 bits per heavy atom. The third-order valence-electron chi connectivity index (χ3n) is 1.94. The number of hydrogen-bond acceptors (Lipinski definition) is 3. The van der Waals surface area contributed by atoms with Gasteiger partial charge in [0.05, 0.1) is 14.2 Å². The summed E-state index contributed by atoms with van der Waals surface area (Å²) in [7, 11) is 2.34. The van der Waals surface area contributed by atoms with Crippen LogP contribution < -0.4 is 19.6 Å². The van der Waals surface area contributed by atoms with E-state index in [1.807, 2.05) is 0 Å². The third kappa shape index (κ3) is 2.33. The Kier molecular flexibility index (Phi) is 3.95. The minimum absolute atomic E-state index is 0.107. The standard InChI is InChI=1S/C9H9ClF2N2O3/c1-16-4-3-5(17-2)7(12)8(6(4)11)14(10)9(13)15/h3H,1-2H3,(H2,13,15). The number of carbonyl (C=O) groups excluding carboxylic acids is 1. The van der Waals surface area contributed by atoms with E-state index >= 15 is 0 Å². The summed E-state index contributed by atoms with van der Waals surface area (Å²) in [6, 6.07) is -0.250. The second-order valence-electron chi connectivity index (χ2n) is 2.88. The number of methoxy groups -OCH3 is 2. The van der Waals surface area contributed by atoms with Crippen LogP contribution in [0.2, 0.25) is 0 Å². The molecule has 0 spiro atoms. The first-order chi connectivity index (χ1) is 7.93. The predicted molar refractivity (Wildman–Crippen MR) is 57.4 cm³/mol. The molecule has 0 unspecified atom stereocenters. The molecule has 0 saturated carbocycles. The van der Waals surface area contributed by atoms with E-state index in [0.29, 0.717) is 0 Å². The van der Waals surface area contributed by atoms with Crippen molar-refractivity contribution in [3.05, 3.63) is 17.7 Å². The van der Waals surface area contributed by atoms with E-state index in [-0.39, 0.29) is 15.9 Å². The summed E-state index contributed by atoms with van der Waals surface area (Å²) in [5, 5.41) is 0. The normalized spacial score (nSPS) is 9.94. The summed E-state index contributed by atoms with van der Waals surface area (Å²) in [5.74, 6) is -2.96. The molecule has 1 rings (SSSR count). The number of carbonyl (C=O) groups is 1. The Hall–Kier alpha value is -1.76. The lowest BCUT2D eigenvalue weighted by atomic mass is 10.2. The van der Waals surface area contributed by atoms with Gasteiger partial charge in [0.1, 0.15) is 5.69 Å². The lowest BCUT2D eigenvalue weighted by Gasteiger charge is -2.16. The number of benzene rings is 1. The van der Waals surface area contributed by atoms with Crippen molar-refractivity contribution >= 4 is 23.5 Å². The molecule has 2 amide bonds. The van der Waals surface area contributed by atoms with Crippen molar-refractivity contribution in [1.82, 2.24) is 0 Å². The number of primary amides is 1. The molecule has 0 fully saturated rings. The number of nitrogens with two attached hydrogens (primary N) is 1. The molecule has 94 valence electrons. The van der Waals surface area contributed by atoms with E-state index in [0.717, 1.165) is 6.07 Å². The van der Waals surface area contributed by atoms with Crippen molar-refractivity contribution in [2.45, 2.75) is 0 Å². The maximum absolute atomic E-state index is 13.7. The van der Waals surface area contributed by atoms with Crippen LogP contribution >= 0.6 is 11.8 Å². The van der Waals surface area contributed by atoms with Gasteiger partial charge < -0.3 is 15.2 Å². The number of anilines is 1. The van der Waals surface area contributed by atoms with Crippen LogP contribution in [-0.2, 0) is 0 Å². The van der Waals surface area contributed by atoms with Gasteiger partial charge in [-0.25, -0.2) is 13.6 Å². The topological polar surface area (TPSA) is 64.8 Å². The molecule has 17 heavy (non-hydrogen) atoms. The molecule has 0 saturated heterocycles. The van der Waals surface area contributed by atoms with Crippen LogP contribution in [0.4, 0.5) is 19.3 Å². The zero-order valence-corrected chi connectivity index (χ0v) is 9.72. The first-order valence-electron chi connectivity index (χ1n) is 4.29. The highest BCUT2D eigenvalue weighted by Gasteiger charge is 2.26. The van der Waals surface area contributed by atoms with Crippen LogP contribution in [0, 0.1) is 11.6 Å². The number of ether oxygens (including phenoxy) is 2. The maximum Gasteiger partial charge on any atom is 0.334 e. The summed E-state index contributed by atoms with van der Waals surface area (Å²) < 4.78 is 36.8. The fourth-order valence-electron chi connectivity index (χ4n) is 1.16. The molecule has 8 heteroatoms. The predicted octanol–water partition coefficient (Wildman–Crippen LogP) is 2.02. The van der Waals surface area contributed by atoms with Crippen LogP contribution in [0.1, 0.15) is 0 Å². The molecular weight excluding hydrogens is 258 g/mol. The van der Waals surface area contributed by atoms with Crippen molar-refractivity contribution in [1.29, 1.82) is 0 Å². The van der Waals surface area contributed by atoms with Crippen LogP contribution in [0.5, 0.6) is 11.5 Å². The van der Waals surface area contributed by atoms with Gasteiger partial charge in [-0.15, -0.1) is 0 Å². The van der Waals surface area contributed by atoms with Crippen LogP contribution in [0.3, 0.4) is 0 Å². The quantitative estimate of drug-likeness (QED) is 0.851. The fraction of sp³-hybridized carbons (Fsp3) is 0.222. The Morgan fingerprint density at radius 1 is 1.29 bits per heavy atom. The molecule has 5 nitrogen and oxygen atoms in total. The van der Waals surface area contributed by atoms with Gasteiger partial charge in [0, 0.05) is 17.8 Å². The van der Waals surface area contributed by atoms with E-state index in [4.69, 9.17) is 17.5 Å². The molecule has 1 aromatic carbocycles. The van der Waals surface area contributed by atoms with Gasteiger partial charge in [0.25, 0.3) is 0 Å². The van der Waals surface area contributed by atoms with E-state index in [1.165, 1.54) is 14.2 Å². The molecule has 1 aromatic rings. The summed E-state index contributed by atoms with van der Waals surface area (Å²) in [4.78, 5) is 10.8. The zero-order valence-electron chi connectivity index (χ0n) is 8.96. The highest BCUT2D eigenvalue weighted by Crippen LogP contribution is 2.37. The summed E-state index contributed by atoms with van der Waals surface area (Å²) >= 11 is 5.38. The molecule has 0 atom stereocenters. The van der Waals surface area contributed by atoms with Crippen molar-refractivity contribution in [3.8, 4) is 11.5 Å². The molecule has 0 aliphatic rings. The van der Waals surface area contributed by atoms with Gasteiger partial charge in [0.2, 0.25) is 0 Å². The van der Waals surface area contributed by atoms with Gasteiger partial charge in [-0.3, -0.25) is 0 Å². The van der Waals surface area contributed by atoms with Gasteiger partial charge in [-0.05, 0) is 0 Å². The first-order valence-corrected chi connectivity index (χ1v) is 4.63. The summed E-state index contributed by atoms with van der Waals surface area (Å²) in [5.41, 5.74) is 3.98. The Labute approximate surface area is 101 Å². The van der Waals surface area contributed by atoms with Crippen molar-refractivity contribution < 1.29 is 23.0 Å². The van der Waals surface area contributed by atoms with E-state index in [2.05, 4.69) is 9.47 Å². The summed E-state index contributed by atoms with van der Waals surface area (Å²) in [6.45, 7) is 0. The zero-order chi connectivity index (χ0) is 13.2. The van der Waals surface area contributed by atoms with Gasteiger partial charge in [0.15, 0.2) is 23.1 Å².